The number of anilines is 1. The number of nitrogens with one attached hydrogen (secondary N) is 1. The van der Waals surface area contributed by atoms with Crippen molar-refractivity contribution in [3.8, 4) is 0 Å². The lowest BCUT2D eigenvalue weighted by Gasteiger charge is -2.31. The van der Waals surface area contributed by atoms with Crippen molar-refractivity contribution in [2.24, 2.45) is 10.4 Å². The molecule has 3 nitrogen and oxygen atoms in total. The molecule has 1 heterocycles. The standard InChI is InChI=1S/C16H20N2OS/c1-12(19)13-4-6-14(7-5-13)18-15-17-10-16(11-20-15)8-2-3-9-16/h4-7H,2-3,8-11H2,1H3,(H,17,18). The van der Waals surface area contributed by atoms with E-state index in [2.05, 4.69) is 5.32 Å². The van der Waals surface area contributed by atoms with Crippen molar-refractivity contribution in [3.63, 3.8) is 0 Å². The number of nitrogens with zero attached hydrogens (tertiary/aromatic N) is 1. The zero-order valence-corrected chi connectivity index (χ0v) is 12.6. The molecule has 1 aromatic rings. The molecule has 0 unspecified atom stereocenters. The molecule has 1 saturated carbocycles. The van der Waals surface area contributed by atoms with Gasteiger partial charge in [0.15, 0.2) is 11.0 Å². The highest BCUT2D eigenvalue weighted by atomic mass is 32.2. The smallest absolute Gasteiger partial charge is 0.161 e. The van der Waals surface area contributed by atoms with Gasteiger partial charge in [-0.25, -0.2) is 0 Å². The molecule has 106 valence electrons. The topological polar surface area (TPSA) is 41.5 Å². The summed E-state index contributed by atoms with van der Waals surface area (Å²) in [6.45, 7) is 2.55. The van der Waals surface area contributed by atoms with E-state index in [1.807, 2.05) is 36.0 Å². The van der Waals surface area contributed by atoms with Crippen LogP contribution in [0.25, 0.3) is 0 Å². The summed E-state index contributed by atoms with van der Waals surface area (Å²) < 4.78 is 0. The van der Waals surface area contributed by atoms with Crippen molar-refractivity contribution in [2.75, 3.05) is 17.6 Å². The Kier molecular flexibility index (Phi) is 3.83. The lowest BCUT2D eigenvalue weighted by atomic mass is 9.89. The van der Waals surface area contributed by atoms with Crippen LogP contribution in [0.2, 0.25) is 0 Å². The SMILES string of the molecule is CC(=O)c1ccc(NC2=NCC3(CCCC3)CS2)cc1. The fourth-order valence-electron chi connectivity index (χ4n) is 2.97. The first-order valence-corrected chi connectivity index (χ1v) is 8.21. The Labute approximate surface area is 124 Å². The number of carbonyl (C=O) groups is 1. The lowest BCUT2D eigenvalue weighted by molar-refractivity contribution is 0.101. The van der Waals surface area contributed by atoms with E-state index in [1.54, 1.807) is 6.92 Å². The predicted molar refractivity (Wildman–Crippen MR) is 85.7 cm³/mol. The van der Waals surface area contributed by atoms with Crippen LogP contribution in [0.4, 0.5) is 5.69 Å². The van der Waals surface area contributed by atoms with E-state index >= 15 is 0 Å². The third-order valence-electron chi connectivity index (χ3n) is 4.28. The van der Waals surface area contributed by atoms with Crippen molar-refractivity contribution in [1.82, 2.24) is 0 Å². The maximum absolute atomic E-state index is 11.2. The zero-order chi connectivity index (χ0) is 14.0. The first kappa shape index (κ1) is 13.7. The first-order valence-electron chi connectivity index (χ1n) is 7.22. The molecular weight excluding hydrogens is 268 g/mol. The summed E-state index contributed by atoms with van der Waals surface area (Å²) in [4.78, 5) is 16.0. The largest absolute Gasteiger partial charge is 0.335 e. The molecule has 0 aromatic heterocycles. The summed E-state index contributed by atoms with van der Waals surface area (Å²) in [5.74, 6) is 1.29. The van der Waals surface area contributed by atoms with Gasteiger partial charge in [0.05, 0.1) is 0 Å². The van der Waals surface area contributed by atoms with Gasteiger partial charge in [-0.3, -0.25) is 9.79 Å². The number of thioether (sulfide) groups is 1. The maximum Gasteiger partial charge on any atom is 0.161 e. The van der Waals surface area contributed by atoms with Crippen molar-refractivity contribution >= 4 is 28.4 Å². The second-order valence-electron chi connectivity index (χ2n) is 5.88. The minimum atomic E-state index is 0.101. The normalized spacial score (nSPS) is 20.8. The van der Waals surface area contributed by atoms with Crippen LogP contribution in [0.15, 0.2) is 29.3 Å². The molecule has 1 N–H and O–H groups in total. The van der Waals surface area contributed by atoms with Crippen molar-refractivity contribution in [1.29, 1.82) is 0 Å². The molecule has 0 atom stereocenters. The third kappa shape index (κ3) is 2.90. The second kappa shape index (κ2) is 5.60. The van der Waals surface area contributed by atoms with Gasteiger partial charge in [0, 0.05) is 23.5 Å². The quantitative estimate of drug-likeness (QED) is 0.837. The molecule has 0 saturated heterocycles. The number of rotatable bonds is 2. The first-order chi connectivity index (χ1) is 9.67. The van der Waals surface area contributed by atoms with Crippen LogP contribution in [0.3, 0.4) is 0 Å². The van der Waals surface area contributed by atoms with Crippen LogP contribution < -0.4 is 5.32 Å². The molecule has 1 aliphatic heterocycles. The number of benzene rings is 1. The Balaban J connectivity index is 1.63. The van der Waals surface area contributed by atoms with E-state index in [4.69, 9.17) is 4.99 Å². The highest BCUT2D eigenvalue weighted by Crippen LogP contribution is 2.43. The highest BCUT2D eigenvalue weighted by molar-refractivity contribution is 8.14. The van der Waals surface area contributed by atoms with E-state index in [0.717, 1.165) is 23.0 Å². The molecule has 1 spiro atoms. The number of hydrogen-bond donors (Lipinski definition) is 1. The third-order valence-corrected chi connectivity index (χ3v) is 5.54. The van der Waals surface area contributed by atoms with Crippen LogP contribution in [0.5, 0.6) is 0 Å². The number of Topliss-reactive ketones (excluding diaryl/α,β-unsaturated/α-hetero) is 1. The monoisotopic (exact) mass is 288 g/mol. The number of hydrogen-bond acceptors (Lipinski definition) is 4. The van der Waals surface area contributed by atoms with Gasteiger partial charge in [0.1, 0.15) is 0 Å². The molecule has 3 rings (SSSR count). The summed E-state index contributed by atoms with van der Waals surface area (Å²) in [6.07, 6.45) is 5.41. The van der Waals surface area contributed by atoms with Gasteiger partial charge in [-0.1, -0.05) is 24.6 Å². The summed E-state index contributed by atoms with van der Waals surface area (Å²) in [5, 5.41) is 4.37. The van der Waals surface area contributed by atoms with Crippen LogP contribution in [0.1, 0.15) is 43.0 Å². The number of amidine groups is 1. The molecule has 1 fully saturated rings. The Morgan fingerprint density at radius 1 is 1.25 bits per heavy atom. The number of carbonyl (C=O) groups excluding carboxylic acids is 1. The van der Waals surface area contributed by atoms with Crippen molar-refractivity contribution < 1.29 is 4.79 Å². The average molecular weight is 288 g/mol. The Morgan fingerprint density at radius 3 is 2.50 bits per heavy atom. The Bertz CT molecular complexity index is 530. The summed E-state index contributed by atoms with van der Waals surface area (Å²) in [7, 11) is 0. The molecule has 0 bridgehead atoms. The maximum atomic E-state index is 11.2. The molecule has 20 heavy (non-hydrogen) atoms. The van der Waals surface area contributed by atoms with Gasteiger partial charge in [-0.05, 0) is 49.4 Å². The Morgan fingerprint density at radius 2 is 1.95 bits per heavy atom. The zero-order valence-electron chi connectivity index (χ0n) is 11.8. The van der Waals surface area contributed by atoms with Gasteiger partial charge < -0.3 is 5.32 Å². The van der Waals surface area contributed by atoms with Crippen LogP contribution in [0, 0.1) is 5.41 Å². The summed E-state index contributed by atoms with van der Waals surface area (Å²) in [6, 6.07) is 7.61. The second-order valence-corrected chi connectivity index (χ2v) is 6.84. The van der Waals surface area contributed by atoms with Gasteiger partial charge in [-0.15, -0.1) is 0 Å². The molecule has 1 aromatic carbocycles. The van der Waals surface area contributed by atoms with Crippen LogP contribution in [-0.4, -0.2) is 23.2 Å². The van der Waals surface area contributed by atoms with Crippen molar-refractivity contribution in [3.05, 3.63) is 29.8 Å². The van der Waals surface area contributed by atoms with E-state index in [0.29, 0.717) is 5.41 Å². The molecular formula is C16H20N2OS. The van der Waals surface area contributed by atoms with Gasteiger partial charge in [0.25, 0.3) is 0 Å². The van der Waals surface area contributed by atoms with Gasteiger partial charge >= 0.3 is 0 Å². The fraction of sp³-hybridized carbons (Fsp3) is 0.500. The number of aliphatic imine (C=N–C) groups is 1. The highest BCUT2D eigenvalue weighted by Gasteiger charge is 2.36. The molecule has 2 aliphatic rings. The fourth-order valence-corrected chi connectivity index (χ4v) is 4.14. The predicted octanol–water partition coefficient (Wildman–Crippen LogP) is 3.96. The van der Waals surface area contributed by atoms with E-state index in [9.17, 15) is 4.79 Å². The minimum absolute atomic E-state index is 0.101. The molecule has 1 aliphatic carbocycles. The van der Waals surface area contributed by atoms with E-state index < -0.39 is 0 Å². The van der Waals surface area contributed by atoms with Crippen molar-refractivity contribution in [2.45, 2.75) is 32.6 Å². The molecule has 0 amide bonds. The molecule has 0 radical (unpaired) electrons. The minimum Gasteiger partial charge on any atom is -0.335 e. The van der Waals surface area contributed by atoms with Crippen LogP contribution in [-0.2, 0) is 0 Å². The van der Waals surface area contributed by atoms with E-state index in [1.165, 1.54) is 31.4 Å². The average Bonchev–Trinajstić information content (AvgIpc) is 2.91. The van der Waals surface area contributed by atoms with Gasteiger partial charge in [-0.2, -0.15) is 0 Å². The Hall–Kier alpha value is -1.29. The van der Waals surface area contributed by atoms with E-state index in [-0.39, 0.29) is 5.78 Å². The molecule has 4 heteroatoms. The summed E-state index contributed by atoms with van der Waals surface area (Å²) in [5.41, 5.74) is 2.23. The number of ketones is 1. The lowest BCUT2D eigenvalue weighted by Crippen LogP contribution is -2.30. The van der Waals surface area contributed by atoms with Gasteiger partial charge in [0.2, 0.25) is 0 Å². The van der Waals surface area contributed by atoms with Crippen LogP contribution >= 0.6 is 11.8 Å². The summed E-state index contributed by atoms with van der Waals surface area (Å²) >= 11 is 1.84.